The molecule has 0 aliphatic carbocycles. The number of carbonyl (C=O) groups is 1. The van der Waals surface area contributed by atoms with Crippen molar-refractivity contribution in [2.75, 3.05) is 13.3 Å². The van der Waals surface area contributed by atoms with Crippen molar-refractivity contribution < 1.29 is 18.7 Å². The number of carbonyl (C=O) groups excluding carboxylic acids is 1. The average molecular weight is 471 g/mol. The summed E-state index contributed by atoms with van der Waals surface area (Å²) in [6, 6.07) is 16.4. The Morgan fingerprint density at radius 1 is 1.17 bits per heavy atom. The summed E-state index contributed by atoms with van der Waals surface area (Å²) in [4.78, 5) is 16.7. The van der Waals surface area contributed by atoms with Gasteiger partial charge in [-0.2, -0.15) is 5.10 Å². The molecule has 3 heterocycles. The normalized spacial score (nSPS) is 12.8. The van der Waals surface area contributed by atoms with Crippen LogP contribution in [0.2, 0.25) is 0 Å². The van der Waals surface area contributed by atoms with Crippen LogP contribution in [0, 0.1) is 5.82 Å². The van der Waals surface area contributed by atoms with Gasteiger partial charge in [-0.3, -0.25) is 9.78 Å². The molecule has 0 saturated heterocycles. The van der Waals surface area contributed by atoms with Crippen LogP contribution in [0.5, 0.6) is 5.75 Å². The molecular formula is C27H23FN4O3. The summed E-state index contributed by atoms with van der Waals surface area (Å²) >= 11 is 0. The molecule has 1 N–H and O–H groups in total. The summed E-state index contributed by atoms with van der Waals surface area (Å²) in [5.74, 6) is 0.0263. The molecule has 7 nitrogen and oxygen atoms in total. The van der Waals surface area contributed by atoms with Gasteiger partial charge in [-0.15, -0.1) is 0 Å². The van der Waals surface area contributed by atoms with Crippen molar-refractivity contribution in [3.05, 3.63) is 102 Å². The second-order valence-corrected chi connectivity index (χ2v) is 7.99. The van der Waals surface area contributed by atoms with E-state index in [1.165, 1.54) is 18.2 Å². The minimum absolute atomic E-state index is 0.136. The number of rotatable bonds is 7. The quantitative estimate of drug-likeness (QED) is 0.407. The highest BCUT2D eigenvalue weighted by molar-refractivity contribution is 5.92. The number of fused-ring (bicyclic) bond motifs is 1. The van der Waals surface area contributed by atoms with Crippen molar-refractivity contribution in [1.82, 2.24) is 20.1 Å². The van der Waals surface area contributed by atoms with Crippen LogP contribution in [0.4, 0.5) is 4.39 Å². The van der Waals surface area contributed by atoms with E-state index in [1.54, 1.807) is 23.2 Å². The topological polar surface area (TPSA) is 78.3 Å². The van der Waals surface area contributed by atoms with Crippen molar-refractivity contribution in [3.63, 3.8) is 0 Å². The average Bonchev–Trinajstić information content (AvgIpc) is 3.33. The summed E-state index contributed by atoms with van der Waals surface area (Å²) in [5.41, 5.74) is 4.64. The standard InChI is InChI=1S/C27H23FN4O3/c28-23-13-19(27-22(14-23)17-34-18-35-27)10-12-30-25(33)9-8-21-16-32(24-6-2-1-3-7-24)31-26(21)20-5-4-11-29-15-20/h1-9,11,13-16H,10,12,17-18H2,(H,30,33)/b9-8+. The van der Waals surface area contributed by atoms with Crippen LogP contribution >= 0.6 is 0 Å². The van der Waals surface area contributed by atoms with E-state index in [-0.39, 0.29) is 18.5 Å². The maximum absolute atomic E-state index is 13.9. The summed E-state index contributed by atoms with van der Waals surface area (Å²) in [7, 11) is 0. The van der Waals surface area contributed by atoms with Gasteiger partial charge >= 0.3 is 0 Å². The van der Waals surface area contributed by atoms with Gasteiger partial charge in [0.15, 0.2) is 6.79 Å². The zero-order valence-corrected chi connectivity index (χ0v) is 18.9. The Labute approximate surface area is 201 Å². The van der Waals surface area contributed by atoms with E-state index in [9.17, 15) is 9.18 Å². The van der Waals surface area contributed by atoms with E-state index in [0.717, 1.165) is 22.5 Å². The van der Waals surface area contributed by atoms with Gasteiger partial charge in [-0.1, -0.05) is 18.2 Å². The molecule has 5 rings (SSSR count). The molecule has 35 heavy (non-hydrogen) atoms. The van der Waals surface area contributed by atoms with E-state index in [4.69, 9.17) is 14.6 Å². The highest BCUT2D eigenvalue weighted by Gasteiger charge is 2.17. The largest absolute Gasteiger partial charge is 0.467 e. The number of nitrogens with one attached hydrogen (secondary N) is 1. The molecule has 8 heteroatoms. The summed E-state index contributed by atoms with van der Waals surface area (Å²) < 4.78 is 26.5. The third kappa shape index (κ3) is 5.28. The molecule has 0 atom stereocenters. The minimum Gasteiger partial charge on any atom is -0.467 e. The number of nitrogens with zero attached hydrogens (tertiary/aromatic N) is 3. The fraction of sp³-hybridized carbons (Fsp3) is 0.148. The van der Waals surface area contributed by atoms with E-state index in [0.29, 0.717) is 36.4 Å². The van der Waals surface area contributed by atoms with Gasteiger partial charge in [-0.25, -0.2) is 9.07 Å². The van der Waals surface area contributed by atoms with Crippen molar-refractivity contribution in [1.29, 1.82) is 0 Å². The first-order chi connectivity index (χ1) is 17.2. The van der Waals surface area contributed by atoms with Crippen molar-refractivity contribution in [3.8, 4) is 22.7 Å². The highest BCUT2D eigenvalue weighted by Crippen LogP contribution is 2.29. The smallest absolute Gasteiger partial charge is 0.244 e. The zero-order valence-electron chi connectivity index (χ0n) is 18.9. The lowest BCUT2D eigenvalue weighted by molar-refractivity contribution is -0.116. The second kappa shape index (κ2) is 10.3. The van der Waals surface area contributed by atoms with Crippen LogP contribution < -0.4 is 10.1 Å². The molecule has 2 aromatic heterocycles. The van der Waals surface area contributed by atoms with E-state index >= 15 is 0 Å². The lowest BCUT2D eigenvalue weighted by atomic mass is 10.1. The molecular weight excluding hydrogens is 447 g/mol. The Kier molecular flexibility index (Phi) is 6.63. The molecule has 176 valence electrons. The van der Waals surface area contributed by atoms with Gasteiger partial charge in [0.25, 0.3) is 0 Å². The number of benzene rings is 2. The maximum Gasteiger partial charge on any atom is 0.244 e. The molecule has 0 saturated carbocycles. The molecule has 0 radical (unpaired) electrons. The van der Waals surface area contributed by atoms with Crippen LogP contribution in [-0.2, 0) is 22.6 Å². The fourth-order valence-corrected chi connectivity index (χ4v) is 3.94. The number of hydrogen-bond donors (Lipinski definition) is 1. The SMILES string of the molecule is O=C(/C=C/c1cn(-c2ccccc2)nc1-c1cccnc1)NCCc1cc(F)cc2c1OCOC2. The van der Waals surface area contributed by atoms with Crippen molar-refractivity contribution >= 4 is 12.0 Å². The molecule has 2 aromatic carbocycles. The molecule has 0 bridgehead atoms. The van der Waals surface area contributed by atoms with Crippen LogP contribution in [-0.4, -0.2) is 34.0 Å². The number of pyridine rings is 1. The lowest BCUT2D eigenvalue weighted by Gasteiger charge is -2.20. The number of halogens is 1. The van der Waals surface area contributed by atoms with Gasteiger partial charge in [0.05, 0.1) is 12.3 Å². The molecule has 1 aliphatic rings. The number of ether oxygens (including phenoxy) is 2. The second-order valence-electron chi connectivity index (χ2n) is 7.99. The molecule has 0 fully saturated rings. The van der Waals surface area contributed by atoms with Crippen molar-refractivity contribution in [2.45, 2.75) is 13.0 Å². The van der Waals surface area contributed by atoms with Gasteiger partial charge < -0.3 is 14.8 Å². The molecule has 0 unspecified atom stereocenters. The van der Waals surface area contributed by atoms with Gasteiger partial charge in [-0.05, 0) is 54.5 Å². The van der Waals surface area contributed by atoms with E-state index in [2.05, 4.69) is 10.3 Å². The Hall–Kier alpha value is -4.30. The Morgan fingerprint density at radius 3 is 2.89 bits per heavy atom. The van der Waals surface area contributed by atoms with E-state index < -0.39 is 0 Å². The third-order valence-electron chi connectivity index (χ3n) is 5.56. The number of para-hydroxylation sites is 1. The van der Waals surface area contributed by atoms with Crippen molar-refractivity contribution in [2.24, 2.45) is 0 Å². The molecule has 4 aromatic rings. The van der Waals surface area contributed by atoms with Crippen LogP contribution in [0.15, 0.2) is 79.3 Å². The molecule has 0 spiro atoms. The monoisotopic (exact) mass is 470 g/mol. The zero-order chi connectivity index (χ0) is 24.0. The fourth-order valence-electron chi connectivity index (χ4n) is 3.94. The highest BCUT2D eigenvalue weighted by atomic mass is 19.1. The number of aromatic nitrogens is 3. The summed E-state index contributed by atoms with van der Waals surface area (Å²) in [6.07, 6.45) is 8.95. The summed E-state index contributed by atoms with van der Waals surface area (Å²) in [5, 5.41) is 7.56. The lowest BCUT2D eigenvalue weighted by Crippen LogP contribution is -2.24. The van der Waals surface area contributed by atoms with E-state index in [1.807, 2.05) is 48.7 Å². The first-order valence-corrected chi connectivity index (χ1v) is 11.2. The first kappa shape index (κ1) is 22.5. The summed E-state index contributed by atoms with van der Waals surface area (Å²) in [6.45, 7) is 0.782. The molecule has 1 aliphatic heterocycles. The van der Waals surface area contributed by atoms with Crippen LogP contribution in [0.25, 0.3) is 23.0 Å². The molecule has 1 amide bonds. The third-order valence-corrected chi connectivity index (χ3v) is 5.56. The van der Waals surface area contributed by atoms with Gasteiger partial charge in [0, 0.05) is 47.9 Å². The number of hydrogen-bond acceptors (Lipinski definition) is 5. The minimum atomic E-state index is -0.350. The van der Waals surface area contributed by atoms with Gasteiger partial charge in [0.1, 0.15) is 17.3 Å². The van der Waals surface area contributed by atoms with Crippen LogP contribution in [0.3, 0.4) is 0 Å². The Morgan fingerprint density at radius 2 is 2.06 bits per heavy atom. The van der Waals surface area contributed by atoms with Crippen LogP contribution in [0.1, 0.15) is 16.7 Å². The predicted molar refractivity (Wildman–Crippen MR) is 129 cm³/mol. The Bertz CT molecular complexity index is 1350. The number of amides is 1. The predicted octanol–water partition coefficient (Wildman–Crippen LogP) is 4.31. The van der Waals surface area contributed by atoms with Gasteiger partial charge in [0.2, 0.25) is 5.91 Å². The Balaban J connectivity index is 1.29. The first-order valence-electron chi connectivity index (χ1n) is 11.2. The maximum atomic E-state index is 13.9.